The second-order valence-electron chi connectivity index (χ2n) is 3.91. The SMILES string of the molecule is O=C1NC(=O)[C@@H]2[C@H]1[C@@H]1C=C[C@@]2(CO)O1. The second-order valence-corrected chi connectivity index (χ2v) is 3.91. The maximum Gasteiger partial charge on any atom is 0.233 e. The summed E-state index contributed by atoms with van der Waals surface area (Å²) in [7, 11) is 0. The van der Waals surface area contributed by atoms with E-state index in [9.17, 15) is 14.7 Å². The van der Waals surface area contributed by atoms with Gasteiger partial charge in [0.05, 0.1) is 24.5 Å². The highest BCUT2D eigenvalue weighted by Gasteiger charge is 2.65. The summed E-state index contributed by atoms with van der Waals surface area (Å²) in [6.45, 7) is -0.262. The first-order valence-corrected chi connectivity index (χ1v) is 4.51. The molecule has 3 heterocycles. The van der Waals surface area contributed by atoms with Gasteiger partial charge >= 0.3 is 0 Å². The highest BCUT2D eigenvalue weighted by atomic mass is 16.5. The summed E-state index contributed by atoms with van der Waals surface area (Å²) in [6, 6.07) is 0. The highest BCUT2D eigenvalue weighted by molar-refractivity contribution is 6.07. The van der Waals surface area contributed by atoms with Gasteiger partial charge in [0, 0.05) is 0 Å². The van der Waals surface area contributed by atoms with E-state index in [1.165, 1.54) is 0 Å². The van der Waals surface area contributed by atoms with E-state index in [0.29, 0.717) is 0 Å². The first-order valence-electron chi connectivity index (χ1n) is 4.51. The summed E-state index contributed by atoms with van der Waals surface area (Å²) < 4.78 is 5.47. The first kappa shape index (κ1) is 8.14. The number of carbonyl (C=O) groups excluding carboxylic acids is 2. The van der Waals surface area contributed by atoms with Crippen molar-refractivity contribution in [2.75, 3.05) is 6.61 Å². The molecule has 3 aliphatic heterocycles. The molecular weight excluding hydrogens is 186 g/mol. The Kier molecular flexibility index (Phi) is 1.30. The minimum absolute atomic E-state index is 0.262. The van der Waals surface area contributed by atoms with Gasteiger partial charge in [-0.1, -0.05) is 12.2 Å². The molecule has 0 unspecified atom stereocenters. The van der Waals surface area contributed by atoms with Crippen LogP contribution in [-0.2, 0) is 14.3 Å². The molecule has 0 aliphatic carbocycles. The lowest BCUT2D eigenvalue weighted by molar-refractivity contribution is -0.131. The summed E-state index contributed by atoms with van der Waals surface area (Å²) in [4.78, 5) is 22.8. The highest BCUT2D eigenvalue weighted by Crippen LogP contribution is 2.49. The number of nitrogens with one attached hydrogen (secondary N) is 1. The van der Waals surface area contributed by atoms with Gasteiger partial charge in [-0.25, -0.2) is 0 Å². The van der Waals surface area contributed by atoms with E-state index in [0.717, 1.165) is 0 Å². The van der Waals surface area contributed by atoms with Gasteiger partial charge in [0.1, 0.15) is 5.60 Å². The zero-order chi connectivity index (χ0) is 9.92. The molecule has 0 aromatic rings. The Labute approximate surface area is 79.7 Å². The maximum absolute atomic E-state index is 11.5. The van der Waals surface area contributed by atoms with Gasteiger partial charge < -0.3 is 9.84 Å². The summed E-state index contributed by atoms with van der Waals surface area (Å²) in [5.74, 6) is -1.61. The van der Waals surface area contributed by atoms with Gasteiger partial charge in [-0.05, 0) is 0 Å². The lowest BCUT2D eigenvalue weighted by Gasteiger charge is -2.24. The van der Waals surface area contributed by atoms with Crippen molar-refractivity contribution >= 4 is 11.8 Å². The number of amides is 2. The molecule has 2 saturated heterocycles. The molecule has 2 amide bonds. The first-order chi connectivity index (χ1) is 6.68. The Bertz CT molecular complexity index is 364. The third-order valence-corrected chi connectivity index (χ3v) is 3.24. The maximum atomic E-state index is 11.5. The van der Waals surface area contributed by atoms with Crippen molar-refractivity contribution in [2.45, 2.75) is 11.7 Å². The normalized spacial score (nSPS) is 48.5. The van der Waals surface area contributed by atoms with E-state index in [-0.39, 0.29) is 24.5 Å². The summed E-state index contributed by atoms with van der Waals surface area (Å²) >= 11 is 0. The lowest BCUT2D eigenvalue weighted by atomic mass is 9.77. The lowest BCUT2D eigenvalue weighted by Crippen LogP contribution is -2.42. The van der Waals surface area contributed by atoms with Crippen LogP contribution in [0.1, 0.15) is 0 Å². The van der Waals surface area contributed by atoms with Crippen LogP contribution < -0.4 is 5.32 Å². The molecule has 14 heavy (non-hydrogen) atoms. The molecule has 5 heteroatoms. The van der Waals surface area contributed by atoms with Crippen LogP contribution in [0, 0.1) is 11.8 Å². The summed E-state index contributed by atoms with van der Waals surface area (Å²) in [5.41, 5.74) is -0.953. The molecule has 3 rings (SSSR count). The van der Waals surface area contributed by atoms with Crippen molar-refractivity contribution < 1.29 is 19.4 Å². The van der Waals surface area contributed by atoms with Gasteiger partial charge in [-0.15, -0.1) is 0 Å². The zero-order valence-electron chi connectivity index (χ0n) is 7.27. The van der Waals surface area contributed by atoms with Gasteiger partial charge in [0.2, 0.25) is 11.8 Å². The van der Waals surface area contributed by atoms with Crippen LogP contribution in [0.2, 0.25) is 0 Å². The van der Waals surface area contributed by atoms with E-state index in [1.807, 2.05) is 0 Å². The van der Waals surface area contributed by atoms with Crippen molar-refractivity contribution in [3.63, 3.8) is 0 Å². The number of hydrogen-bond acceptors (Lipinski definition) is 4. The van der Waals surface area contributed by atoms with E-state index in [4.69, 9.17) is 4.74 Å². The molecule has 0 radical (unpaired) electrons. The average Bonchev–Trinajstić information content (AvgIpc) is 2.78. The Morgan fingerprint density at radius 1 is 1.50 bits per heavy atom. The molecule has 2 N–H and O–H groups in total. The Hall–Kier alpha value is -1.20. The number of rotatable bonds is 1. The van der Waals surface area contributed by atoms with Crippen LogP contribution in [0.4, 0.5) is 0 Å². The number of aliphatic hydroxyl groups is 1. The molecule has 3 aliphatic rings. The molecule has 0 spiro atoms. The Balaban J connectivity index is 2.10. The number of hydrogen-bond donors (Lipinski definition) is 2. The fraction of sp³-hybridized carbons (Fsp3) is 0.556. The summed E-state index contributed by atoms with van der Waals surface area (Å²) in [5, 5.41) is 11.5. The topological polar surface area (TPSA) is 75.6 Å². The average molecular weight is 195 g/mol. The zero-order valence-corrected chi connectivity index (χ0v) is 7.27. The Morgan fingerprint density at radius 2 is 2.29 bits per heavy atom. The van der Waals surface area contributed by atoms with Crippen molar-refractivity contribution in [3.8, 4) is 0 Å². The van der Waals surface area contributed by atoms with Crippen LogP contribution in [0.15, 0.2) is 12.2 Å². The standard InChI is InChI=1S/C9H9NO4/c11-3-9-2-1-4(14-9)5-6(9)8(13)10-7(5)12/h1-2,4-6,11H,3H2,(H,10,12,13)/t4-,5+,6-,9-/m0/s1. The fourth-order valence-corrected chi connectivity index (χ4v) is 2.61. The quantitative estimate of drug-likeness (QED) is 0.397. The van der Waals surface area contributed by atoms with Crippen molar-refractivity contribution in [1.29, 1.82) is 0 Å². The van der Waals surface area contributed by atoms with E-state index < -0.39 is 17.4 Å². The number of fused-ring (bicyclic) bond motifs is 5. The fourth-order valence-electron chi connectivity index (χ4n) is 2.61. The van der Waals surface area contributed by atoms with Crippen LogP contribution in [0.25, 0.3) is 0 Å². The second kappa shape index (κ2) is 2.24. The van der Waals surface area contributed by atoms with Gasteiger partial charge in [0.25, 0.3) is 0 Å². The molecule has 0 aromatic carbocycles. The third-order valence-electron chi connectivity index (χ3n) is 3.24. The molecule has 74 valence electrons. The van der Waals surface area contributed by atoms with Crippen LogP contribution in [0.3, 0.4) is 0 Å². The van der Waals surface area contributed by atoms with Crippen LogP contribution in [-0.4, -0.2) is 35.2 Å². The van der Waals surface area contributed by atoms with Gasteiger partial charge in [0.15, 0.2) is 0 Å². The number of aliphatic hydroxyl groups excluding tert-OH is 1. The van der Waals surface area contributed by atoms with Crippen molar-refractivity contribution in [1.82, 2.24) is 5.32 Å². The van der Waals surface area contributed by atoms with Crippen LogP contribution in [0.5, 0.6) is 0 Å². The molecule has 4 atom stereocenters. The molecule has 5 nitrogen and oxygen atoms in total. The molecule has 2 fully saturated rings. The van der Waals surface area contributed by atoms with Gasteiger partial charge in [-0.2, -0.15) is 0 Å². The van der Waals surface area contributed by atoms with Crippen molar-refractivity contribution in [3.05, 3.63) is 12.2 Å². The predicted octanol–water partition coefficient (Wildman–Crippen LogP) is -1.43. The number of ether oxygens (including phenoxy) is 1. The minimum Gasteiger partial charge on any atom is -0.393 e. The summed E-state index contributed by atoms with van der Waals surface area (Å²) in [6.07, 6.45) is 3.09. The smallest absolute Gasteiger partial charge is 0.233 e. The third kappa shape index (κ3) is 0.689. The number of imide groups is 1. The van der Waals surface area contributed by atoms with E-state index >= 15 is 0 Å². The van der Waals surface area contributed by atoms with Crippen LogP contribution >= 0.6 is 0 Å². The molecular formula is C9H9NO4. The predicted molar refractivity (Wildman–Crippen MR) is 44.0 cm³/mol. The minimum atomic E-state index is -0.953. The molecule has 0 aromatic heterocycles. The van der Waals surface area contributed by atoms with Gasteiger partial charge in [-0.3, -0.25) is 14.9 Å². The molecule has 0 saturated carbocycles. The number of carbonyl (C=O) groups is 2. The van der Waals surface area contributed by atoms with E-state index in [1.54, 1.807) is 12.2 Å². The molecule has 2 bridgehead atoms. The Morgan fingerprint density at radius 3 is 3.00 bits per heavy atom. The monoisotopic (exact) mass is 195 g/mol. The van der Waals surface area contributed by atoms with E-state index in [2.05, 4.69) is 5.32 Å². The van der Waals surface area contributed by atoms with Crippen molar-refractivity contribution in [2.24, 2.45) is 11.8 Å². The largest absolute Gasteiger partial charge is 0.393 e.